The summed E-state index contributed by atoms with van der Waals surface area (Å²) in [6.45, 7) is 0. The van der Waals surface area contributed by atoms with Crippen LogP contribution in [0, 0.1) is 0 Å². The normalized spacial score (nSPS) is 24.6. The van der Waals surface area contributed by atoms with Gasteiger partial charge in [0.05, 0.1) is 30.2 Å². The van der Waals surface area contributed by atoms with E-state index in [1.165, 1.54) is 13.4 Å². The predicted molar refractivity (Wildman–Crippen MR) is 90.7 cm³/mol. The molecule has 1 N–H and O–H groups in total. The quantitative estimate of drug-likeness (QED) is 0.588. The van der Waals surface area contributed by atoms with Gasteiger partial charge in [0.2, 0.25) is 0 Å². The molecule has 146 valence electrons. The summed E-state index contributed by atoms with van der Waals surface area (Å²) >= 11 is 0. The molecule has 0 saturated heterocycles. The molecule has 3 heterocycles. The average Bonchev–Trinajstić information content (AvgIpc) is 3.26. The molecule has 1 aromatic heterocycles. The fraction of sp³-hybridized carbons (Fsp3) is 0.294. The first-order valence-corrected chi connectivity index (χ1v) is 9.54. The molecule has 0 spiro atoms. The maximum absolute atomic E-state index is 12.6. The van der Waals surface area contributed by atoms with Crippen LogP contribution < -0.4 is 15.1 Å². The zero-order valence-corrected chi connectivity index (χ0v) is 15.0. The van der Waals surface area contributed by atoms with Crippen LogP contribution in [0.2, 0.25) is 0 Å². The van der Waals surface area contributed by atoms with E-state index in [1.54, 1.807) is 12.1 Å². The molecule has 5 rings (SSSR count). The first-order valence-electron chi connectivity index (χ1n) is 8.17. The fourth-order valence-electron chi connectivity index (χ4n) is 3.97. The smallest absolute Gasteiger partial charge is 0.397 e. The molecule has 2 aromatic rings. The molecule has 0 radical (unpaired) electrons. The van der Waals surface area contributed by atoms with Gasteiger partial charge in [0.1, 0.15) is 28.7 Å². The Balaban J connectivity index is 1.88. The number of benzene rings is 1. The summed E-state index contributed by atoms with van der Waals surface area (Å²) in [6.07, 6.45) is 0.741. The molecule has 1 aromatic carbocycles. The second kappa shape index (κ2) is 5.56. The first kappa shape index (κ1) is 17.2. The van der Waals surface area contributed by atoms with Crippen molar-refractivity contribution < 1.29 is 40.6 Å². The summed E-state index contributed by atoms with van der Waals surface area (Å²) < 4.78 is 58.2. The van der Waals surface area contributed by atoms with Gasteiger partial charge in [-0.1, -0.05) is 0 Å². The topological polar surface area (TPSA) is 139 Å². The van der Waals surface area contributed by atoms with E-state index in [9.17, 15) is 18.0 Å². The molecule has 28 heavy (non-hydrogen) atoms. The Hall–Kier alpha value is -2.89. The summed E-state index contributed by atoms with van der Waals surface area (Å²) in [6, 6.07) is 1.54. The zero-order chi connectivity index (χ0) is 19.8. The second-order valence-electron chi connectivity index (χ2n) is 6.49. The molecule has 2 aliphatic heterocycles. The molecule has 3 atom stereocenters. The number of ether oxygens (including phenoxy) is 3. The van der Waals surface area contributed by atoms with Gasteiger partial charge in [-0.15, -0.1) is 0 Å². The van der Waals surface area contributed by atoms with Gasteiger partial charge >= 0.3 is 16.0 Å². The highest BCUT2D eigenvalue weighted by atomic mass is 32.3. The fourth-order valence-corrected chi connectivity index (χ4v) is 4.43. The highest BCUT2D eigenvalue weighted by Gasteiger charge is 2.44. The van der Waals surface area contributed by atoms with Gasteiger partial charge in [0, 0.05) is 18.1 Å². The van der Waals surface area contributed by atoms with Gasteiger partial charge in [-0.2, -0.15) is 8.42 Å². The van der Waals surface area contributed by atoms with Crippen LogP contribution in [0.4, 0.5) is 0 Å². The minimum absolute atomic E-state index is 0.000120. The predicted octanol–water partition coefficient (Wildman–Crippen LogP) is 1.59. The van der Waals surface area contributed by atoms with Crippen LogP contribution in [-0.4, -0.2) is 32.2 Å². The van der Waals surface area contributed by atoms with E-state index in [-0.39, 0.29) is 33.8 Å². The Kier molecular flexibility index (Phi) is 3.42. The number of rotatable bonds is 3. The van der Waals surface area contributed by atoms with Gasteiger partial charge in [-0.3, -0.25) is 9.35 Å². The third-order valence-corrected chi connectivity index (χ3v) is 5.46. The van der Waals surface area contributed by atoms with Crippen molar-refractivity contribution in [2.45, 2.75) is 24.7 Å². The molecule has 0 amide bonds. The van der Waals surface area contributed by atoms with Crippen molar-refractivity contribution in [3.8, 4) is 11.5 Å². The summed E-state index contributed by atoms with van der Waals surface area (Å²) in [4.78, 5) is 24.9. The number of hydrogen-bond acceptors (Lipinski definition) is 9. The van der Waals surface area contributed by atoms with Crippen molar-refractivity contribution in [3.63, 3.8) is 0 Å². The van der Waals surface area contributed by atoms with Crippen molar-refractivity contribution in [2.24, 2.45) is 0 Å². The summed E-state index contributed by atoms with van der Waals surface area (Å²) in [5, 5.41) is 0.208. The van der Waals surface area contributed by atoms with Gasteiger partial charge in [0.15, 0.2) is 5.78 Å². The van der Waals surface area contributed by atoms with Crippen LogP contribution in [0.5, 0.6) is 11.5 Å². The highest BCUT2D eigenvalue weighted by Crippen LogP contribution is 2.51. The van der Waals surface area contributed by atoms with Crippen molar-refractivity contribution >= 4 is 27.2 Å². The summed E-state index contributed by atoms with van der Waals surface area (Å²) in [5.41, 5.74) is -0.664. The average molecular weight is 408 g/mol. The van der Waals surface area contributed by atoms with Crippen LogP contribution in [-0.2, 0) is 19.3 Å². The van der Waals surface area contributed by atoms with E-state index in [2.05, 4.69) is 4.18 Å². The monoisotopic (exact) mass is 408 g/mol. The maximum atomic E-state index is 12.6. The minimum atomic E-state index is -4.88. The van der Waals surface area contributed by atoms with E-state index in [0.717, 1.165) is 0 Å². The lowest BCUT2D eigenvalue weighted by atomic mass is 9.95. The standard InChI is InChI=1S/C17H12O10S/c1-23-8-5-9-11(6-2-3-24-17(6)25-9)15-14(8)13-10(27-28(20,21)22)4-7(18)12(13)16(19)26-15/h2-3,5-6,10,17H,4H2,1H3,(H,20,21,22). The van der Waals surface area contributed by atoms with Crippen molar-refractivity contribution in [1.82, 2.24) is 0 Å². The molecular formula is C17H12O10S. The van der Waals surface area contributed by atoms with Gasteiger partial charge in [0.25, 0.3) is 6.29 Å². The molecule has 0 fully saturated rings. The number of carbonyl (C=O) groups excluding carboxylic acids is 1. The molecule has 3 unspecified atom stereocenters. The number of hydrogen-bond donors (Lipinski definition) is 1. The Labute approximate surface area is 157 Å². The van der Waals surface area contributed by atoms with Crippen molar-refractivity contribution in [2.75, 3.05) is 7.11 Å². The van der Waals surface area contributed by atoms with Crippen molar-refractivity contribution in [3.05, 3.63) is 45.5 Å². The van der Waals surface area contributed by atoms with Gasteiger partial charge in [-0.25, -0.2) is 8.98 Å². The Morgan fingerprint density at radius 2 is 2.04 bits per heavy atom. The van der Waals surface area contributed by atoms with E-state index < -0.39 is 40.6 Å². The second-order valence-corrected chi connectivity index (χ2v) is 7.54. The van der Waals surface area contributed by atoms with Gasteiger partial charge in [-0.05, 0) is 6.08 Å². The lowest BCUT2D eigenvalue weighted by molar-refractivity contribution is -0.00485. The Morgan fingerprint density at radius 1 is 1.25 bits per heavy atom. The first-order chi connectivity index (χ1) is 13.3. The van der Waals surface area contributed by atoms with Crippen LogP contribution in [0.25, 0.3) is 11.0 Å². The highest BCUT2D eigenvalue weighted by molar-refractivity contribution is 7.80. The minimum Gasteiger partial charge on any atom is -0.496 e. The summed E-state index contributed by atoms with van der Waals surface area (Å²) in [7, 11) is -3.52. The van der Waals surface area contributed by atoms with Crippen LogP contribution in [0.15, 0.2) is 27.6 Å². The van der Waals surface area contributed by atoms with E-state index in [4.69, 9.17) is 23.2 Å². The molecule has 11 heteroatoms. The van der Waals surface area contributed by atoms with Crippen LogP contribution in [0.1, 0.15) is 39.9 Å². The lowest BCUT2D eigenvalue weighted by Crippen LogP contribution is -2.15. The third kappa shape index (κ3) is 2.30. The number of carbonyl (C=O) groups is 1. The summed E-state index contributed by atoms with van der Waals surface area (Å²) in [5.74, 6) is -0.442. The molecule has 1 aliphatic carbocycles. The number of methoxy groups -OCH3 is 1. The Morgan fingerprint density at radius 3 is 2.75 bits per heavy atom. The third-order valence-electron chi connectivity index (χ3n) is 4.98. The van der Waals surface area contributed by atoms with Crippen LogP contribution >= 0.6 is 0 Å². The molecule has 0 saturated carbocycles. The van der Waals surface area contributed by atoms with Gasteiger partial charge < -0.3 is 18.6 Å². The lowest BCUT2D eigenvalue weighted by Gasteiger charge is -2.15. The SMILES string of the molecule is COc1cc2c(c3oc(=O)c4c(c13)C(OS(=O)(=O)O)CC4=O)C1C=COC1O2. The molecule has 0 bridgehead atoms. The van der Waals surface area contributed by atoms with Crippen molar-refractivity contribution in [1.29, 1.82) is 0 Å². The maximum Gasteiger partial charge on any atom is 0.397 e. The largest absolute Gasteiger partial charge is 0.496 e. The van der Waals surface area contributed by atoms with E-state index in [1.807, 2.05) is 0 Å². The Bertz CT molecular complexity index is 1240. The molecule has 3 aliphatic rings. The van der Waals surface area contributed by atoms with E-state index >= 15 is 0 Å². The van der Waals surface area contributed by atoms with E-state index in [0.29, 0.717) is 11.3 Å². The molecule has 10 nitrogen and oxygen atoms in total. The number of ketones is 1. The zero-order valence-electron chi connectivity index (χ0n) is 14.2. The number of fused-ring (bicyclic) bond motifs is 7. The molecular weight excluding hydrogens is 396 g/mol. The number of Topliss-reactive ketones (excluding diaryl/α,β-unsaturated/α-hetero) is 1. The van der Waals surface area contributed by atoms with Crippen LogP contribution in [0.3, 0.4) is 0 Å².